The van der Waals surface area contributed by atoms with E-state index in [0.717, 1.165) is 23.8 Å². The number of esters is 1. The van der Waals surface area contributed by atoms with E-state index < -0.39 is 40.9 Å². The summed E-state index contributed by atoms with van der Waals surface area (Å²) in [6.45, 7) is 3.83. The molecule has 0 saturated heterocycles. The van der Waals surface area contributed by atoms with Crippen LogP contribution in [0.4, 0.5) is 13.2 Å². The van der Waals surface area contributed by atoms with Gasteiger partial charge in [-0.25, -0.2) is 18.0 Å². The van der Waals surface area contributed by atoms with Gasteiger partial charge in [-0.3, -0.25) is 4.79 Å². The second-order valence-electron chi connectivity index (χ2n) is 5.92. The Morgan fingerprint density at radius 1 is 1.04 bits per heavy atom. The van der Waals surface area contributed by atoms with Crippen molar-refractivity contribution in [2.45, 2.75) is 26.3 Å². The van der Waals surface area contributed by atoms with Crippen LogP contribution in [0.15, 0.2) is 30.3 Å². The van der Waals surface area contributed by atoms with Crippen LogP contribution < -0.4 is 5.32 Å². The fraction of sp³-hybridized carbons (Fsp3) is 0.263. The number of amides is 1. The molecule has 1 amide bonds. The van der Waals surface area contributed by atoms with Crippen LogP contribution in [0.25, 0.3) is 0 Å². The van der Waals surface area contributed by atoms with E-state index in [-0.39, 0.29) is 6.42 Å². The maximum atomic E-state index is 13.8. The molecule has 0 spiro atoms. The summed E-state index contributed by atoms with van der Waals surface area (Å²) in [7, 11) is 1.14. The maximum Gasteiger partial charge on any atom is 0.328 e. The quantitative estimate of drug-likeness (QED) is 0.828. The molecule has 0 radical (unpaired) electrons. The zero-order valence-corrected chi connectivity index (χ0v) is 14.5. The molecule has 0 unspecified atom stereocenters. The third kappa shape index (κ3) is 4.41. The molecule has 0 heterocycles. The summed E-state index contributed by atoms with van der Waals surface area (Å²) >= 11 is 0. The smallest absolute Gasteiger partial charge is 0.328 e. The van der Waals surface area contributed by atoms with Crippen LogP contribution >= 0.6 is 0 Å². The highest BCUT2D eigenvalue weighted by Gasteiger charge is 2.26. The minimum Gasteiger partial charge on any atom is -0.467 e. The zero-order chi connectivity index (χ0) is 19.4. The first kappa shape index (κ1) is 19.5. The maximum absolute atomic E-state index is 13.8. The van der Waals surface area contributed by atoms with E-state index in [4.69, 9.17) is 0 Å². The number of hydrogen-bond donors (Lipinski definition) is 1. The van der Waals surface area contributed by atoms with E-state index in [1.807, 2.05) is 26.0 Å². The summed E-state index contributed by atoms with van der Waals surface area (Å²) in [4.78, 5) is 24.2. The summed E-state index contributed by atoms with van der Waals surface area (Å²) < 4.78 is 45.2. The highest BCUT2D eigenvalue weighted by Crippen LogP contribution is 2.16. The zero-order valence-electron chi connectivity index (χ0n) is 14.5. The highest BCUT2D eigenvalue weighted by atomic mass is 19.1. The van der Waals surface area contributed by atoms with Crippen molar-refractivity contribution in [3.05, 3.63) is 70.0 Å². The predicted molar refractivity (Wildman–Crippen MR) is 89.2 cm³/mol. The van der Waals surface area contributed by atoms with Gasteiger partial charge in [0.05, 0.1) is 7.11 Å². The van der Waals surface area contributed by atoms with Crippen molar-refractivity contribution in [1.82, 2.24) is 5.32 Å². The number of benzene rings is 2. The first-order valence-electron chi connectivity index (χ1n) is 7.82. The van der Waals surface area contributed by atoms with Gasteiger partial charge in [0.25, 0.3) is 5.91 Å². The Kier molecular flexibility index (Phi) is 6.02. The second kappa shape index (κ2) is 8.03. The SMILES string of the molecule is COC(=O)[C@H](Cc1ccc(C)c(C)c1)NC(=O)c1c(F)cc(F)cc1F. The predicted octanol–water partition coefficient (Wildman–Crippen LogP) is 3.23. The van der Waals surface area contributed by atoms with Crippen molar-refractivity contribution in [2.24, 2.45) is 0 Å². The van der Waals surface area contributed by atoms with Crippen molar-refractivity contribution in [3.8, 4) is 0 Å². The molecule has 0 aliphatic carbocycles. The Balaban J connectivity index is 2.26. The van der Waals surface area contributed by atoms with Crippen LogP contribution in [0.3, 0.4) is 0 Å². The molecule has 0 saturated carbocycles. The summed E-state index contributed by atoms with van der Waals surface area (Å²) in [5.74, 6) is -5.78. The Bertz CT molecular complexity index is 829. The lowest BCUT2D eigenvalue weighted by Crippen LogP contribution is -2.43. The highest BCUT2D eigenvalue weighted by molar-refractivity contribution is 5.97. The summed E-state index contributed by atoms with van der Waals surface area (Å²) in [6, 6.07) is 5.13. The van der Waals surface area contributed by atoms with Crippen molar-refractivity contribution in [1.29, 1.82) is 0 Å². The van der Waals surface area contributed by atoms with Crippen LogP contribution in [0.5, 0.6) is 0 Å². The Labute approximate surface area is 149 Å². The molecule has 138 valence electrons. The van der Waals surface area contributed by atoms with Crippen molar-refractivity contribution < 1.29 is 27.5 Å². The number of aryl methyl sites for hydroxylation is 2. The molecule has 0 aliphatic heterocycles. The van der Waals surface area contributed by atoms with E-state index >= 15 is 0 Å². The number of ether oxygens (including phenoxy) is 1. The monoisotopic (exact) mass is 365 g/mol. The summed E-state index contributed by atoms with van der Waals surface area (Å²) in [6.07, 6.45) is 0.0734. The molecule has 7 heteroatoms. The normalized spacial score (nSPS) is 11.8. The van der Waals surface area contributed by atoms with E-state index in [2.05, 4.69) is 10.1 Å². The molecule has 2 aromatic rings. The molecule has 0 bridgehead atoms. The average Bonchev–Trinajstić information content (AvgIpc) is 2.55. The van der Waals surface area contributed by atoms with Crippen LogP contribution in [-0.2, 0) is 16.0 Å². The number of carbonyl (C=O) groups is 2. The molecule has 26 heavy (non-hydrogen) atoms. The minimum absolute atomic E-state index is 0.0734. The van der Waals surface area contributed by atoms with Crippen molar-refractivity contribution >= 4 is 11.9 Å². The number of carbonyl (C=O) groups excluding carboxylic acids is 2. The largest absolute Gasteiger partial charge is 0.467 e. The van der Waals surface area contributed by atoms with E-state index in [1.165, 1.54) is 0 Å². The van der Waals surface area contributed by atoms with Gasteiger partial charge >= 0.3 is 5.97 Å². The van der Waals surface area contributed by atoms with E-state index in [1.54, 1.807) is 6.07 Å². The van der Waals surface area contributed by atoms with Gasteiger partial charge in [0.1, 0.15) is 29.1 Å². The molecule has 0 aromatic heterocycles. The molecule has 2 aromatic carbocycles. The summed E-state index contributed by atoms with van der Waals surface area (Å²) in [5.41, 5.74) is 1.83. The molecule has 1 atom stereocenters. The van der Waals surface area contributed by atoms with Gasteiger partial charge in [-0.05, 0) is 30.5 Å². The van der Waals surface area contributed by atoms with Crippen molar-refractivity contribution in [3.63, 3.8) is 0 Å². The molecule has 2 rings (SSSR count). The van der Waals surface area contributed by atoms with E-state index in [9.17, 15) is 22.8 Å². The Morgan fingerprint density at radius 3 is 2.19 bits per heavy atom. The topological polar surface area (TPSA) is 55.4 Å². The fourth-order valence-electron chi connectivity index (χ4n) is 2.49. The van der Waals surface area contributed by atoms with Gasteiger partial charge in [0.15, 0.2) is 0 Å². The Morgan fingerprint density at radius 2 is 1.65 bits per heavy atom. The van der Waals surface area contributed by atoms with Crippen LogP contribution in [-0.4, -0.2) is 25.0 Å². The number of nitrogens with one attached hydrogen (secondary N) is 1. The Hall–Kier alpha value is -2.83. The number of halogens is 3. The molecule has 4 nitrogen and oxygen atoms in total. The second-order valence-corrected chi connectivity index (χ2v) is 5.92. The fourth-order valence-corrected chi connectivity index (χ4v) is 2.49. The number of hydrogen-bond acceptors (Lipinski definition) is 3. The van der Waals surface area contributed by atoms with Gasteiger partial charge in [-0.1, -0.05) is 18.2 Å². The molecule has 0 fully saturated rings. The lowest BCUT2D eigenvalue weighted by atomic mass is 10.0. The first-order chi connectivity index (χ1) is 12.2. The van der Waals surface area contributed by atoms with E-state index in [0.29, 0.717) is 12.1 Å². The van der Waals surface area contributed by atoms with Crippen LogP contribution in [0.1, 0.15) is 27.0 Å². The van der Waals surface area contributed by atoms with Gasteiger partial charge in [-0.15, -0.1) is 0 Å². The van der Waals surface area contributed by atoms with Crippen LogP contribution in [0, 0.1) is 31.3 Å². The van der Waals surface area contributed by atoms with Gasteiger partial charge in [0.2, 0.25) is 0 Å². The van der Waals surface area contributed by atoms with Gasteiger partial charge < -0.3 is 10.1 Å². The van der Waals surface area contributed by atoms with Crippen molar-refractivity contribution in [2.75, 3.05) is 7.11 Å². The van der Waals surface area contributed by atoms with Crippen LogP contribution in [0.2, 0.25) is 0 Å². The van der Waals surface area contributed by atoms with Gasteiger partial charge in [-0.2, -0.15) is 0 Å². The molecular formula is C19H18F3NO3. The number of methoxy groups -OCH3 is 1. The third-order valence-electron chi connectivity index (χ3n) is 4.04. The average molecular weight is 365 g/mol. The molecule has 1 N–H and O–H groups in total. The lowest BCUT2D eigenvalue weighted by molar-refractivity contribution is -0.142. The minimum atomic E-state index is -1.35. The standard InChI is InChI=1S/C19H18F3NO3/c1-10-4-5-12(6-11(10)2)7-16(19(25)26-3)23-18(24)17-14(21)8-13(20)9-15(17)22/h4-6,8-9,16H,7H2,1-3H3,(H,23,24)/t16-/m0/s1. The van der Waals surface area contributed by atoms with Gasteiger partial charge in [0, 0.05) is 18.6 Å². The lowest BCUT2D eigenvalue weighted by Gasteiger charge is -2.17. The molecular weight excluding hydrogens is 347 g/mol. The summed E-state index contributed by atoms with van der Waals surface area (Å²) in [5, 5.41) is 2.25. The first-order valence-corrected chi connectivity index (χ1v) is 7.82. The number of rotatable bonds is 5. The third-order valence-corrected chi connectivity index (χ3v) is 4.04. The molecule has 0 aliphatic rings.